The monoisotopic (exact) mass is 410 g/mol. The van der Waals surface area contributed by atoms with Crippen molar-refractivity contribution in [3.8, 4) is 0 Å². The third-order valence-electron chi connectivity index (χ3n) is 7.88. The highest BCUT2D eigenvalue weighted by molar-refractivity contribution is 5.88. The summed E-state index contributed by atoms with van der Waals surface area (Å²) in [4.78, 5) is 28.3. The highest BCUT2D eigenvalue weighted by Gasteiger charge is 2.41. The van der Waals surface area contributed by atoms with Crippen molar-refractivity contribution >= 4 is 11.8 Å². The largest absolute Gasteiger partial charge is 0.355 e. The summed E-state index contributed by atoms with van der Waals surface area (Å²) < 4.78 is 0. The van der Waals surface area contributed by atoms with Gasteiger partial charge in [0.05, 0.1) is 5.41 Å². The van der Waals surface area contributed by atoms with E-state index in [-0.39, 0.29) is 11.3 Å². The Morgan fingerprint density at radius 2 is 1.67 bits per heavy atom. The molecule has 1 aliphatic heterocycles. The van der Waals surface area contributed by atoms with Crippen LogP contribution in [0.15, 0.2) is 30.3 Å². The van der Waals surface area contributed by atoms with Gasteiger partial charge in [-0.15, -0.1) is 0 Å². The average molecular weight is 411 g/mol. The second kappa shape index (κ2) is 9.98. The summed E-state index contributed by atoms with van der Waals surface area (Å²) in [5.74, 6) is 1.19. The average Bonchev–Trinajstić information content (AvgIpc) is 2.82. The molecule has 30 heavy (non-hydrogen) atoms. The van der Waals surface area contributed by atoms with E-state index in [1.54, 1.807) is 0 Å². The van der Waals surface area contributed by atoms with Crippen LogP contribution < -0.4 is 5.32 Å². The van der Waals surface area contributed by atoms with Crippen LogP contribution in [0.3, 0.4) is 0 Å². The maximum absolute atomic E-state index is 13.2. The second-order valence-corrected chi connectivity index (χ2v) is 9.71. The maximum Gasteiger partial charge on any atom is 0.230 e. The van der Waals surface area contributed by atoms with Crippen molar-refractivity contribution in [3.63, 3.8) is 0 Å². The van der Waals surface area contributed by atoms with Gasteiger partial charge in [-0.05, 0) is 56.4 Å². The Hall–Kier alpha value is -1.84. The molecule has 3 fully saturated rings. The zero-order valence-corrected chi connectivity index (χ0v) is 18.4. The van der Waals surface area contributed by atoms with Gasteiger partial charge in [0.2, 0.25) is 11.8 Å². The van der Waals surface area contributed by atoms with Crippen molar-refractivity contribution in [1.82, 2.24) is 10.2 Å². The second-order valence-electron chi connectivity index (χ2n) is 9.71. The van der Waals surface area contributed by atoms with Crippen LogP contribution in [0.5, 0.6) is 0 Å². The van der Waals surface area contributed by atoms with Crippen LogP contribution in [0.25, 0.3) is 0 Å². The molecule has 3 aliphatic rings. The van der Waals surface area contributed by atoms with Crippen LogP contribution in [0, 0.1) is 5.92 Å². The minimum absolute atomic E-state index is 0.158. The minimum Gasteiger partial charge on any atom is -0.355 e. The Morgan fingerprint density at radius 1 is 0.933 bits per heavy atom. The molecule has 0 radical (unpaired) electrons. The summed E-state index contributed by atoms with van der Waals surface area (Å²) in [5.41, 5.74) is 0.765. The quantitative estimate of drug-likeness (QED) is 0.674. The molecule has 1 saturated heterocycles. The van der Waals surface area contributed by atoms with Gasteiger partial charge in [-0.2, -0.15) is 0 Å². The molecule has 0 spiro atoms. The Bertz CT molecular complexity index is 709. The summed E-state index contributed by atoms with van der Waals surface area (Å²) in [6, 6.07) is 10.8. The highest BCUT2D eigenvalue weighted by atomic mass is 16.2. The van der Waals surface area contributed by atoms with E-state index in [0.717, 1.165) is 56.6 Å². The minimum atomic E-state index is -0.383. The first-order chi connectivity index (χ1) is 14.7. The smallest absolute Gasteiger partial charge is 0.230 e. The number of amides is 2. The Balaban J connectivity index is 1.29. The van der Waals surface area contributed by atoms with E-state index in [0.29, 0.717) is 24.9 Å². The summed E-state index contributed by atoms with van der Waals surface area (Å²) in [7, 11) is 0. The Kier molecular flexibility index (Phi) is 7.12. The van der Waals surface area contributed by atoms with Gasteiger partial charge in [-0.1, -0.05) is 62.4 Å². The molecule has 2 atom stereocenters. The molecule has 1 N–H and O–H groups in total. The van der Waals surface area contributed by atoms with E-state index >= 15 is 0 Å². The molecule has 2 saturated carbocycles. The van der Waals surface area contributed by atoms with Gasteiger partial charge >= 0.3 is 0 Å². The number of fused-ring (bicyclic) bond motifs is 1. The Morgan fingerprint density at radius 3 is 2.47 bits per heavy atom. The molecule has 0 bridgehead atoms. The van der Waals surface area contributed by atoms with Crippen molar-refractivity contribution in [3.05, 3.63) is 35.9 Å². The Labute approximate surface area is 181 Å². The van der Waals surface area contributed by atoms with E-state index in [2.05, 4.69) is 22.3 Å². The first-order valence-corrected chi connectivity index (χ1v) is 12.3. The molecule has 164 valence electrons. The molecule has 4 heteroatoms. The molecule has 1 heterocycles. The number of likely N-dealkylation sites (tertiary alicyclic amines) is 1. The van der Waals surface area contributed by atoms with Crippen molar-refractivity contribution in [2.24, 2.45) is 5.92 Å². The summed E-state index contributed by atoms with van der Waals surface area (Å²) in [5, 5.41) is 3.20. The summed E-state index contributed by atoms with van der Waals surface area (Å²) in [6.07, 6.45) is 14.1. The van der Waals surface area contributed by atoms with Crippen LogP contribution in [0.4, 0.5) is 0 Å². The summed E-state index contributed by atoms with van der Waals surface area (Å²) >= 11 is 0. The van der Waals surface area contributed by atoms with Gasteiger partial charge in [0.15, 0.2) is 0 Å². The fourth-order valence-electron chi connectivity index (χ4n) is 6.25. The fourth-order valence-corrected chi connectivity index (χ4v) is 6.25. The van der Waals surface area contributed by atoms with Crippen LogP contribution in [0.1, 0.15) is 89.0 Å². The number of piperidine rings is 1. The van der Waals surface area contributed by atoms with E-state index in [9.17, 15) is 9.59 Å². The van der Waals surface area contributed by atoms with Crippen molar-refractivity contribution in [1.29, 1.82) is 0 Å². The van der Waals surface area contributed by atoms with Gasteiger partial charge in [-0.25, -0.2) is 0 Å². The third kappa shape index (κ3) is 4.58. The number of carbonyl (C=O) groups is 2. The predicted octanol–water partition coefficient (Wildman–Crippen LogP) is 4.97. The van der Waals surface area contributed by atoms with Crippen molar-refractivity contribution in [2.75, 3.05) is 13.1 Å². The van der Waals surface area contributed by atoms with Crippen LogP contribution >= 0.6 is 0 Å². The van der Waals surface area contributed by atoms with Crippen molar-refractivity contribution in [2.45, 2.75) is 94.9 Å². The summed E-state index contributed by atoms with van der Waals surface area (Å²) in [6.45, 7) is 1.53. The van der Waals surface area contributed by atoms with Crippen LogP contribution in [0.2, 0.25) is 0 Å². The zero-order chi connectivity index (χ0) is 20.8. The lowest BCUT2D eigenvalue weighted by atomic mass is 9.68. The SMILES string of the molecule is O=C(CCCNC(=O)C1(c2ccccc2)CCCCC1)N1CCCC2CCCCC21. The van der Waals surface area contributed by atoms with Crippen LogP contribution in [-0.4, -0.2) is 35.8 Å². The van der Waals surface area contributed by atoms with Gasteiger partial charge in [0, 0.05) is 25.6 Å². The first-order valence-electron chi connectivity index (χ1n) is 12.3. The van der Waals surface area contributed by atoms with E-state index in [1.165, 1.54) is 38.5 Å². The molecular weight excluding hydrogens is 372 g/mol. The highest BCUT2D eigenvalue weighted by Crippen LogP contribution is 2.40. The van der Waals surface area contributed by atoms with Gasteiger partial charge < -0.3 is 10.2 Å². The predicted molar refractivity (Wildman–Crippen MR) is 120 cm³/mol. The number of nitrogens with one attached hydrogen (secondary N) is 1. The molecule has 0 aromatic heterocycles. The lowest BCUT2D eigenvalue weighted by Crippen LogP contribution is -2.50. The topological polar surface area (TPSA) is 49.4 Å². The molecule has 4 nitrogen and oxygen atoms in total. The van der Waals surface area contributed by atoms with E-state index in [4.69, 9.17) is 0 Å². The van der Waals surface area contributed by atoms with E-state index in [1.807, 2.05) is 18.2 Å². The molecule has 2 unspecified atom stereocenters. The lowest BCUT2D eigenvalue weighted by molar-refractivity contribution is -0.138. The normalized spacial score (nSPS) is 25.9. The van der Waals surface area contributed by atoms with Crippen molar-refractivity contribution < 1.29 is 9.59 Å². The zero-order valence-electron chi connectivity index (χ0n) is 18.4. The number of nitrogens with zero attached hydrogens (tertiary/aromatic N) is 1. The fraction of sp³-hybridized carbons (Fsp3) is 0.692. The number of benzene rings is 1. The molecule has 1 aromatic carbocycles. The molecular formula is C26H38N2O2. The molecule has 2 aliphatic carbocycles. The lowest BCUT2D eigenvalue weighted by Gasteiger charge is -2.44. The standard InChI is InChI=1S/C26H38N2O2/c29-24(28-20-10-12-21-11-5-6-15-23(21)28)16-9-19-27-25(30)26(17-7-2-8-18-26)22-13-3-1-4-14-22/h1,3-4,13-14,21,23H,2,5-12,15-20H2,(H,27,30). The number of carbonyl (C=O) groups excluding carboxylic acids is 2. The van der Waals surface area contributed by atoms with Gasteiger partial charge in [0.1, 0.15) is 0 Å². The number of hydrogen-bond acceptors (Lipinski definition) is 2. The van der Waals surface area contributed by atoms with Crippen LogP contribution in [-0.2, 0) is 15.0 Å². The number of hydrogen-bond donors (Lipinski definition) is 1. The molecule has 1 aromatic rings. The van der Waals surface area contributed by atoms with Gasteiger partial charge in [-0.3, -0.25) is 9.59 Å². The van der Waals surface area contributed by atoms with E-state index < -0.39 is 0 Å². The third-order valence-corrected chi connectivity index (χ3v) is 7.88. The molecule has 2 amide bonds. The first kappa shape index (κ1) is 21.4. The maximum atomic E-state index is 13.2. The number of rotatable bonds is 6. The van der Waals surface area contributed by atoms with Gasteiger partial charge in [0.25, 0.3) is 0 Å². The molecule has 4 rings (SSSR count).